The second-order valence-corrected chi connectivity index (χ2v) is 5.58. The molecule has 4 heteroatoms. The van der Waals surface area contributed by atoms with Gasteiger partial charge in [0, 0.05) is 0 Å². The zero-order valence-electron chi connectivity index (χ0n) is 11.1. The van der Waals surface area contributed by atoms with Crippen LogP contribution in [0.3, 0.4) is 0 Å². The number of amides is 1. The number of ether oxygens (including phenoxy) is 1. The summed E-state index contributed by atoms with van der Waals surface area (Å²) in [6, 6.07) is 11.2. The van der Waals surface area contributed by atoms with Gasteiger partial charge in [-0.3, -0.25) is 4.79 Å². The van der Waals surface area contributed by atoms with E-state index in [1.54, 1.807) is 6.07 Å². The summed E-state index contributed by atoms with van der Waals surface area (Å²) in [4.78, 5) is 12.7. The summed E-state index contributed by atoms with van der Waals surface area (Å²) in [6.07, 6.45) is 0. The lowest BCUT2D eigenvalue weighted by Gasteiger charge is -2.13. The summed E-state index contributed by atoms with van der Waals surface area (Å²) in [5.41, 5.74) is 0.710. The van der Waals surface area contributed by atoms with Crippen LogP contribution in [0.2, 0.25) is 0 Å². The minimum atomic E-state index is -0.101. The average Bonchev–Trinajstić information content (AvgIpc) is 2.91. The van der Waals surface area contributed by atoms with E-state index in [0.29, 0.717) is 28.8 Å². The summed E-state index contributed by atoms with van der Waals surface area (Å²) in [6.45, 7) is 4.81. The van der Waals surface area contributed by atoms with Gasteiger partial charge in [0.25, 0.3) is 5.91 Å². The standard InChI is InChI=1S/C15H17NO2S/c1-11(2)10-18-13-7-4-3-6-12(13)16-15(17)14-8-5-9-19-14/h3-9,11H,10H2,1-2H3,(H,16,17). The molecular weight excluding hydrogens is 258 g/mol. The Morgan fingerprint density at radius 1 is 1.26 bits per heavy atom. The fourth-order valence-corrected chi connectivity index (χ4v) is 2.16. The van der Waals surface area contributed by atoms with E-state index < -0.39 is 0 Å². The molecule has 0 fully saturated rings. The van der Waals surface area contributed by atoms with Crippen molar-refractivity contribution in [3.05, 3.63) is 46.7 Å². The number of rotatable bonds is 5. The van der Waals surface area contributed by atoms with Gasteiger partial charge in [-0.1, -0.05) is 32.0 Å². The van der Waals surface area contributed by atoms with Crippen LogP contribution in [0.4, 0.5) is 5.69 Å². The monoisotopic (exact) mass is 275 g/mol. The highest BCUT2D eigenvalue weighted by Crippen LogP contribution is 2.25. The molecule has 1 aromatic carbocycles. The first-order chi connectivity index (χ1) is 9.16. The SMILES string of the molecule is CC(C)COc1ccccc1NC(=O)c1cccs1. The van der Waals surface area contributed by atoms with E-state index in [1.165, 1.54) is 11.3 Å². The van der Waals surface area contributed by atoms with Crippen molar-refractivity contribution in [1.82, 2.24) is 0 Å². The van der Waals surface area contributed by atoms with Crippen molar-refractivity contribution < 1.29 is 9.53 Å². The minimum Gasteiger partial charge on any atom is -0.491 e. The number of hydrogen-bond acceptors (Lipinski definition) is 3. The van der Waals surface area contributed by atoms with Crippen LogP contribution in [0.1, 0.15) is 23.5 Å². The Morgan fingerprint density at radius 3 is 2.74 bits per heavy atom. The number of hydrogen-bond donors (Lipinski definition) is 1. The lowest BCUT2D eigenvalue weighted by Crippen LogP contribution is -2.12. The Balaban J connectivity index is 2.09. The predicted octanol–water partition coefficient (Wildman–Crippen LogP) is 4.04. The lowest BCUT2D eigenvalue weighted by molar-refractivity contribution is 0.103. The van der Waals surface area contributed by atoms with Gasteiger partial charge in [0.1, 0.15) is 5.75 Å². The molecule has 1 heterocycles. The van der Waals surface area contributed by atoms with Gasteiger partial charge in [-0.2, -0.15) is 0 Å². The number of thiophene rings is 1. The molecule has 1 amide bonds. The van der Waals surface area contributed by atoms with Crippen LogP contribution < -0.4 is 10.1 Å². The van der Waals surface area contributed by atoms with Crippen LogP contribution in [0.5, 0.6) is 5.75 Å². The van der Waals surface area contributed by atoms with Crippen molar-refractivity contribution in [2.75, 3.05) is 11.9 Å². The third kappa shape index (κ3) is 3.83. The van der Waals surface area contributed by atoms with Crippen molar-refractivity contribution in [1.29, 1.82) is 0 Å². The van der Waals surface area contributed by atoms with Crippen molar-refractivity contribution in [2.45, 2.75) is 13.8 Å². The van der Waals surface area contributed by atoms with Crippen molar-refractivity contribution in [3.63, 3.8) is 0 Å². The molecule has 2 aromatic rings. The fraction of sp³-hybridized carbons (Fsp3) is 0.267. The molecule has 3 nitrogen and oxygen atoms in total. The number of nitrogens with one attached hydrogen (secondary N) is 1. The molecule has 0 aliphatic heterocycles. The quantitative estimate of drug-likeness (QED) is 0.894. The zero-order valence-corrected chi connectivity index (χ0v) is 11.9. The van der Waals surface area contributed by atoms with Gasteiger partial charge in [-0.25, -0.2) is 0 Å². The van der Waals surface area contributed by atoms with E-state index in [4.69, 9.17) is 4.74 Å². The van der Waals surface area contributed by atoms with E-state index in [1.807, 2.05) is 35.7 Å². The average molecular weight is 275 g/mol. The molecule has 19 heavy (non-hydrogen) atoms. The summed E-state index contributed by atoms with van der Waals surface area (Å²) < 4.78 is 5.71. The van der Waals surface area contributed by atoms with Crippen LogP contribution in [-0.4, -0.2) is 12.5 Å². The van der Waals surface area contributed by atoms with Crippen LogP contribution in [0.15, 0.2) is 41.8 Å². The Labute approximate surface area is 117 Å². The molecule has 0 bridgehead atoms. The van der Waals surface area contributed by atoms with Crippen molar-refractivity contribution in [3.8, 4) is 5.75 Å². The minimum absolute atomic E-state index is 0.101. The molecule has 0 aliphatic carbocycles. The molecule has 0 spiro atoms. The van der Waals surface area contributed by atoms with Gasteiger partial charge < -0.3 is 10.1 Å². The molecule has 0 aliphatic rings. The zero-order chi connectivity index (χ0) is 13.7. The van der Waals surface area contributed by atoms with Gasteiger partial charge in [-0.15, -0.1) is 11.3 Å². The molecule has 0 unspecified atom stereocenters. The Bertz CT molecular complexity index is 535. The summed E-state index contributed by atoms with van der Waals surface area (Å²) in [5, 5.41) is 4.77. The predicted molar refractivity (Wildman–Crippen MR) is 79.0 cm³/mol. The molecule has 0 saturated heterocycles. The number of anilines is 1. The van der Waals surface area contributed by atoms with Gasteiger partial charge in [0.2, 0.25) is 0 Å². The maximum absolute atomic E-state index is 12.0. The number of benzene rings is 1. The van der Waals surface area contributed by atoms with E-state index in [0.717, 1.165) is 0 Å². The van der Waals surface area contributed by atoms with Crippen molar-refractivity contribution in [2.24, 2.45) is 5.92 Å². The van der Waals surface area contributed by atoms with Crippen LogP contribution in [0.25, 0.3) is 0 Å². The highest BCUT2D eigenvalue weighted by molar-refractivity contribution is 7.12. The second-order valence-electron chi connectivity index (χ2n) is 4.63. The first-order valence-electron chi connectivity index (χ1n) is 6.23. The Morgan fingerprint density at radius 2 is 2.05 bits per heavy atom. The lowest BCUT2D eigenvalue weighted by atomic mass is 10.2. The van der Waals surface area contributed by atoms with Gasteiger partial charge in [-0.05, 0) is 29.5 Å². The second kappa shape index (κ2) is 6.38. The number of para-hydroxylation sites is 2. The molecular formula is C15H17NO2S. The maximum atomic E-state index is 12.0. The number of carbonyl (C=O) groups excluding carboxylic acids is 1. The third-order valence-electron chi connectivity index (χ3n) is 2.45. The van der Waals surface area contributed by atoms with Crippen molar-refractivity contribution >= 4 is 22.9 Å². The summed E-state index contributed by atoms with van der Waals surface area (Å²) in [5.74, 6) is 1.05. The summed E-state index contributed by atoms with van der Waals surface area (Å²) >= 11 is 1.42. The van der Waals surface area contributed by atoms with Crippen LogP contribution >= 0.6 is 11.3 Å². The van der Waals surface area contributed by atoms with E-state index in [9.17, 15) is 4.79 Å². The molecule has 100 valence electrons. The first-order valence-corrected chi connectivity index (χ1v) is 7.11. The molecule has 0 saturated carbocycles. The van der Waals surface area contributed by atoms with E-state index in [-0.39, 0.29) is 5.91 Å². The summed E-state index contributed by atoms with van der Waals surface area (Å²) in [7, 11) is 0. The highest BCUT2D eigenvalue weighted by atomic mass is 32.1. The Hall–Kier alpha value is -1.81. The largest absolute Gasteiger partial charge is 0.491 e. The third-order valence-corrected chi connectivity index (χ3v) is 3.32. The van der Waals surface area contributed by atoms with Crippen LogP contribution in [0, 0.1) is 5.92 Å². The Kier molecular flexibility index (Phi) is 4.58. The van der Waals surface area contributed by atoms with Gasteiger partial charge >= 0.3 is 0 Å². The molecule has 1 aromatic heterocycles. The van der Waals surface area contributed by atoms with Gasteiger partial charge in [0.15, 0.2) is 0 Å². The van der Waals surface area contributed by atoms with E-state index in [2.05, 4.69) is 19.2 Å². The first kappa shape index (κ1) is 13.6. The van der Waals surface area contributed by atoms with Crippen LogP contribution in [-0.2, 0) is 0 Å². The molecule has 1 N–H and O–H groups in total. The van der Waals surface area contributed by atoms with E-state index >= 15 is 0 Å². The molecule has 0 radical (unpaired) electrons. The topological polar surface area (TPSA) is 38.3 Å². The smallest absolute Gasteiger partial charge is 0.265 e. The number of carbonyl (C=O) groups is 1. The maximum Gasteiger partial charge on any atom is 0.265 e. The fourth-order valence-electron chi connectivity index (χ4n) is 1.54. The highest BCUT2D eigenvalue weighted by Gasteiger charge is 2.10. The van der Waals surface area contributed by atoms with Gasteiger partial charge in [0.05, 0.1) is 17.2 Å². The normalized spacial score (nSPS) is 10.5. The molecule has 0 atom stereocenters. The molecule has 2 rings (SSSR count).